The molecule has 0 atom stereocenters. The van der Waals surface area contributed by atoms with E-state index in [2.05, 4.69) is 20.8 Å². The van der Waals surface area contributed by atoms with Crippen molar-refractivity contribution in [3.8, 4) is 0 Å². The fraction of sp³-hybridized carbons (Fsp3) is 0.500. The zero-order valence-electron chi connectivity index (χ0n) is 13.6. The standard InChI is InChI=1S/C18H22N4O2/c23-16(14-5-3-4-13-11-20-22-15(13)14)21-18(8-1-2-9-18)17(24)19-10-12-6-7-12/h3-5,11-12H,1-2,6-10H2,(H,19,24)(H,20,22)(H,21,23). The number of nitrogens with one attached hydrogen (secondary N) is 3. The predicted molar refractivity (Wildman–Crippen MR) is 90.5 cm³/mol. The van der Waals surface area contributed by atoms with Gasteiger partial charge >= 0.3 is 0 Å². The maximum Gasteiger partial charge on any atom is 0.254 e. The molecule has 126 valence electrons. The molecule has 4 rings (SSSR count). The first-order chi connectivity index (χ1) is 11.7. The number of hydrogen-bond donors (Lipinski definition) is 3. The van der Waals surface area contributed by atoms with Crippen molar-refractivity contribution in [1.82, 2.24) is 20.8 Å². The van der Waals surface area contributed by atoms with E-state index in [1.54, 1.807) is 12.3 Å². The van der Waals surface area contributed by atoms with E-state index in [4.69, 9.17) is 0 Å². The van der Waals surface area contributed by atoms with E-state index in [1.807, 2.05) is 12.1 Å². The molecule has 6 heteroatoms. The van der Waals surface area contributed by atoms with Crippen LogP contribution >= 0.6 is 0 Å². The molecule has 0 unspecified atom stereocenters. The molecule has 2 fully saturated rings. The highest BCUT2D eigenvalue weighted by atomic mass is 16.2. The molecule has 1 aromatic carbocycles. The summed E-state index contributed by atoms with van der Waals surface area (Å²) in [6, 6.07) is 5.51. The highest BCUT2D eigenvalue weighted by Crippen LogP contribution is 2.32. The van der Waals surface area contributed by atoms with Gasteiger partial charge in [-0.1, -0.05) is 25.0 Å². The van der Waals surface area contributed by atoms with Crippen LogP contribution in [0.2, 0.25) is 0 Å². The predicted octanol–water partition coefficient (Wildman–Crippen LogP) is 2.13. The van der Waals surface area contributed by atoms with Gasteiger partial charge in [-0.25, -0.2) is 0 Å². The van der Waals surface area contributed by atoms with Crippen LogP contribution in [0.15, 0.2) is 24.4 Å². The Balaban J connectivity index is 1.54. The molecule has 2 aliphatic carbocycles. The van der Waals surface area contributed by atoms with Gasteiger partial charge in [0.15, 0.2) is 0 Å². The van der Waals surface area contributed by atoms with Gasteiger partial charge in [-0.15, -0.1) is 0 Å². The minimum Gasteiger partial charge on any atom is -0.354 e. The summed E-state index contributed by atoms with van der Waals surface area (Å²) in [6.07, 6.45) is 7.42. The second-order valence-electron chi connectivity index (χ2n) is 7.04. The summed E-state index contributed by atoms with van der Waals surface area (Å²) < 4.78 is 0. The number of amides is 2. The lowest BCUT2D eigenvalue weighted by molar-refractivity contribution is -0.127. The van der Waals surface area contributed by atoms with Crippen molar-refractivity contribution in [3.05, 3.63) is 30.0 Å². The van der Waals surface area contributed by atoms with Crippen LogP contribution in [0.1, 0.15) is 48.9 Å². The Morgan fingerprint density at radius 3 is 2.79 bits per heavy atom. The molecule has 1 heterocycles. The summed E-state index contributed by atoms with van der Waals surface area (Å²) in [5, 5.41) is 13.8. The van der Waals surface area contributed by atoms with Gasteiger partial charge in [-0.3, -0.25) is 14.7 Å². The molecule has 2 saturated carbocycles. The molecule has 0 radical (unpaired) electrons. The van der Waals surface area contributed by atoms with E-state index >= 15 is 0 Å². The van der Waals surface area contributed by atoms with E-state index in [-0.39, 0.29) is 11.8 Å². The minimum absolute atomic E-state index is 0.0305. The van der Waals surface area contributed by atoms with Gasteiger partial charge in [-0.2, -0.15) is 5.10 Å². The summed E-state index contributed by atoms with van der Waals surface area (Å²) >= 11 is 0. The Labute approximate surface area is 140 Å². The van der Waals surface area contributed by atoms with Crippen LogP contribution < -0.4 is 10.6 Å². The first kappa shape index (κ1) is 15.2. The zero-order valence-corrected chi connectivity index (χ0v) is 13.6. The van der Waals surface area contributed by atoms with E-state index in [1.165, 1.54) is 12.8 Å². The van der Waals surface area contributed by atoms with Gasteiger partial charge < -0.3 is 10.6 Å². The molecule has 0 spiro atoms. The number of benzene rings is 1. The molecule has 2 aliphatic rings. The molecule has 6 nitrogen and oxygen atoms in total. The van der Waals surface area contributed by atoms with Crippen LogP contribution in [-0.4, -0.2) is 34.1 Å². The van der Waals surface area contributed by atoms with Crippen molar-refractivity contribution in [1.29, 1.82) is 0 Å². The SMILES string of the molecule is O=C(NC1(C(=O)NCC2CC2)CCCC1)c1cccc2cn[nH]c12. The van der Waals surface area contributed by atoms with Crippen molar-refractivity contribution in [2.24, 2.45) is 5.92 Å². The number of para-hydroxylation sites is 1. The number of rotatable bonds is 5. The van der Waals surface area contributed by atoms with Gasteiger partial charge in [0.2, 0.25) is 5.91 Å². The molecule has 1 aromatic heterocycles. The van der Waals surface area contributed by atoms with Gasteiger partial charge in [0.05, 0.1) is 17.3 Å². The van der Waals surface area contributed by atoms with Crippen LogP contribution in [0.3, 0.4) is 0 Å². The van der Waals surface area contributed by atoms with Crippen molar-refractivity contribution in [2.45, 2.75) is 44.1 Å². The molecular weight excluding hydrogens is 304 g/mol. The lowest BCUT2D eigenvalue weighted by Gasteiger charge is -2.29. The number of aromatic nitrogens is 2. The molecule has 24 heavy (non-hydrogen) atoms. The Bertz CT molecular complexity index is 772. The van der Waals surface area contributed by atoms with E-state index < -0.39 is 5.54 Å². The minimum atomic E-state index is -0.770. The first-order valence-corrected chi connectivity index (χ1v) is 8.71. The van der Waals surface area contributed by atoms with Gasteiger partial charge in [-0.05, 0) is 37.7 Å². The number of aromatic amines is 1. The number of fused-ring (bicyclic) bond motifs is 1. The number of H-pyrrole nitrogens is 1. The maximum atomic E-state index is 12.8. The van der Waals surface area contributed by atoms with Crippen molar-refractivity contribution >= 4 is 22.7 Å². The summed E-state index contributed by atoms with van der Waals surface area (Å²) in [4.78, 5) is 25.6. The third kappa shape index (κ3) is 2.77. The Morgan fingerprint density at radius 2 is 2.04 bits per heavy atom. The highest BCUT2D eigenvalue weighted by Gasteiger charge is 2.43. The van der Waals surface area contributed by atoms with Crippen molar-refractivity contribution < 1.29 is 9.59 Å². The lowest BCUT2D eigenvalue weighted by Crippen LogP contribution is -2.57. The average molecular weight is 326 g/mol. The van der Waals surface area contributed by atoms with Crippen molar-refractivity contribution in [3.63, 3.8) is 0 Å². The van der Waals surface area contributed by atoms with Crippen LogP contribution in [-0.2, 0) is 4.79 Å². The topological polar surface area (TPSA) is 86.9 Å². The van der Waals surface area contributed by atoms with Crippen LogP contribution in [0.4, 0.5) is 0 Å². The third-order valence-electron chi connectivity index (χ3n) is 5.21. The number of nitrogens with zero attached hydrogens (tertiary/aromatic N) is 1. The quantitative estimate of drug-likeness (QED) is 0.786. The summed E-state index contributed by atoms with van der Waals surface area (Å²) in [5.41, 5.74) is 0.474. The summed E-state index contributed by atoms with van der Waals surface area (Å²) in [6.45, 7) is 0.729. The van der Waals surface area contributed by atoms with Crippen LogP contribution in [0.5, 0.6) is 0 Å². The maximum absolute atomic E-state index is 12.8. The largest absolute Gasteiger partial charge is 0.354 e. The Morgan fingerprint density at radius 1 is 1.25 bits per heavy atom. The van der Waals surface area contributed by atoms with E-state index in [0.717, 1.165) is 24.8 Å². The van der Waals surface area contributed by atoms with Gasteiger partial charge in [0, 0.05) is 11.9 Å². The molecule has 0 saturated heterocycles. The summed E-state index contributed by atoms with van der Waals surface area (Å²) in [7, 11) is 0. The molecule has 2 amide bonds. The summed E-state index contributed by atoms with van der Waals surface area (Å²) in [5.74, 6) is 0.382. The first-order valence-electron chi connectivity index (χ1n) is 8.71. The van der Waals surface area contributed by atoms with Crippen LogP contribution in [0, 0.1) is 5.92 Å². The average Bonchev–Trinajstić information content (AvgIpc) is 3.08. The molecule has 2 aromatic rings. The Kier molecular flexibility index (Phi) is 3.75. The molecule has 0 aliphatic heterocycles. The highest BCUT2D eigenvalue weighted by molar-refractivity contribution is 6.07. The van der Waals surface area contributed by atoms with E-state index in [9.17, 15) is 9.59 Å². The molecule has 3 N–H and O–H groups in total. The fourth-order valence-corrected chi connectivity index (χ4v) is 3.56. The second-order valence-corrected chi connectivity index (χ2v) is 7.04. The lowest BCUT2D eigenvalue weighted by atomic mass is 9.95. The zero-order chi connectivity index (χ0) is 16.6. The molecule has 0 bridgehead atoms. The number of hydrogen-bond acceptors (Lipinski definition) is 3. The van der Waals surface area contributed by atoms with Gasteiger partial charge in [0.25, 0.3) is 5.91 Å². The number of carbonyl (C=O) groups is 2. The normalized spacial score (nSPS) is 19.3. The van der Waals surface area contributed by atoms with Crippen LogP contribution in [0.25, 0.3) is 10.9 Å². The second kappa shape index (κ2) is 5.92. The smallest absolute Gasteiger partial charge is 0.254 e. The third-order valence-corrected chi connectivity index (χ3v) is 5.21. The molecular formula is C18H22N4O2. The Hall–Kier alpha value is -2.37. The van der Waals surface area contributed by atoms with Crippen molar-refractivity contribution in [2.75, 3.05) is 6.54 Å². The monoisotopic (exact) mass is 326 g/mol. The van der Waals surface area contributed by atoms with E-state index in [0.29, 0.717) is 29.8 Å². The van der Waals surface area contributed by atoms with Gasteiger partial charge in [0.1, 0.15) is 5.54 Å². The number of carbonyl (C=O) groups excluding carboxylic acids is 2. The fourth-order valence-electron chi connectivity index (χ4n) is 3.56.